The Kier molecular flexibility index (Phi) is 3.23. The molecule has 0 saturated heterocycles. The SMILES string of the molecule is Cc1cc(NCc2ccccc2F)ncc1N. The standard InChI is InChI=1S/C13H14FN3/c1-9-6-13(17-8-12(9)15)16-7-10-4-2-3-5-11(10)14/h2-6,8H,7,15H2,1H3,(H,16,17). The Morgan fingerprint density at radius 1 is 1.35 bits per heavy atom. The minimum Gasteiger partial charge on any atom is -0.397 e. The monoisotopic (exact) mass is 231 g/mol. The van der Waals surface area contributed by atoms with E-state index in [9.17, 15) is 4.39 Å². The van der Waals surface area contributed by atoms with Gasteiger partial charge in [0, 0.05) is 12.1 Å². The van der Waals surface area contributed by atoms with Crippen LogP contribution in [0.15, 0.2) is 36.5 Å². The van der Waals surface area contributed by atoms with Gasteiger partial charge in [0.1, 0.15) is 11.6 Å². The second-order valence-electron chi connectivity index (χ2n) is 3.87. The zero-order valence-electron chi connectivity index (χ0n) is 9.57. The Hall–Kier alpha value is -2.10. The molecule has 0 aliphatic heterocycles. The fourth-order valence-electron chi connectivity index (χ4n) is 1.49. The Balaban J connectivity index is 2.08. The van der Waals surface area contributed by atoms with Crippen molar-refractivity contribution in [2.45, 2.75) is 13.5 Å². The summed E-state index contributed by atoms with van der Waals surface area (Å²) in [7, 11) is 0. The molecule has 2 rings (SSSR count). The third-order valence-electron chi connectivity index (χ3n) is 2.57. The Morgan fingerprint density at radius 3 is 2.82 bits per heavy atom. The van der Waals surface area contributed by atoms with Gasteiger partial charge < -0.3 is 11.1 Å². The van der Waals surface area contributed by atoms with Crippen molar-refractivity contribution in [2.75, 3.05) is 11.1 Å². The molecular formula is C13H14FN3. The molecule has 1 heterocycles. The van der Waals surface area contributed by atoms with Gasteiger partial charge >= 0.3 is 0 Å². The summed E-state index contributed by atoms with van der Waals surface area (Å²) >= 11 is 0. The van der Waals surface area contributed by atoms with Gasteiger partial charge in [-0.2, -0.15) is 0 Å². The highest BCUT2D eigenvalue weighted by molar-refractivity contribution is 5.51. The van der Waals surface area contributed by atoms with Crippen LogP contribution in [0.3, 0.4) is 0 Å². The number of hydrogen-bond acceptors (Lipinski definition) is 3. The lowest BCUT2D eigenvalue weighted by Crippen LogP contribution is -2.04. The molecule has 0 aliphatic carbocycles. The zero-order chi connectivity index (χ0) is 12.3. The summed E-state index contributed by atoms with van der Waals surface area (Å²) in [5.41, 5.74) is 7.89. The molecule has 3 nitrogen and oxygen atoms in total. The Bertz CT molecular complexity index is 526. The number of pyridine rings is 1. The molecule has 0 spiro atoms. The summed E-state index contributed by atoms with van der Waals surface area (Å²) in [6.07, 6.45) is 1.60. The second-order valence-corrected chi connectivity index (χ2v) is 3.87. The van der Waals surface area contributed by atoms with Crippen LogP contribution in [0.5, 0.6) is 0 Å². The van der Waals surface area contributed by atoms with Crippen molar-refractivity contribution in [3.05, 3.63) is 53.5 Å². The number of nitrogens with zero attached hydrogens (tertiary/aromatic N) is 1. The van der Waals surface area contributed by atoms with E-state index in [1.54, 1.807) is 18.3 Å². The van der Waals surface area contributed by atoms with E-state index in [-0.39, 0.29) is 5.82 Å². The van der Waals surface area contributed by atoms with Crippen LogP contribution in [0.4, 0.5) is 15.9 Å². The molecule has 0 atom stereocenters. The molecule has 17 heavy (non-hydrogen) atoms. The first-order valence-electron chi connectivity index (χ1n) is 5.36. The summed E-state index contributed by atoms with van der Waals surface area (Å²) in [6.45, 7) is 2.31. The molecule has 1 aromatic heterocycles. The van der Waals surface area contributed by atoms with E-state index in [0.29, 0.717) is 23.6 Å². The van der Waals surface area contributed by atoms with Crippen LogP contribution < -0.4 is 11.1 Å². The van der Waals surface area contributed by atoms with Crippen LogP contribution in [0.25, 0.3) is 0 Å². The first-order valence-corrected chi connectivity index (χ1v) is 5.36. The summed E-state index contributed by atoms with van der Waals surface area (Å²) in [4.78, 5) is 4.13. The number of hydrogen-bond donors (Lipinski definition) is 2. The number of anilines is 2. The van der Waals surface area contributed by atoms with Crippen molar-refractivity contribution in [3.63, 3.8) is 0 Å². The number of aryl methyl sites for hydroxylation is 1. The molecule has 0 amide bonds. The van der Waals surface area contributed by atoms with Crippen LogP contribution in [-0.4, -0.2) is 4.98 Å². The van der Waals surface area contributed by atoms with Gasteiger partial charge in [0.25, 0.3) is 0 Å². The molecule has 4 heteroatoms. The minimum absolute atomic E-state index is 0.216. The number of aromatic nitrogens is 1. The van der Waals surface area contributed by atoms with Crippen LogP contribution in [0, 0.1) is 12.7 Å². The maximum atomic E-state index is 13.4. The molecule has 0 bridgehead atoms. The average Bonchev–Trinajstić information content (AvgIpc) is 2.32. The van der Waals surface area contributed by atoms with Crippen LogP contribution in [-0.2, 0) is 6.54 Å². The molecule has 0 unspecified atom stereocenters. The lowest BCUT2D eigenvalue weighted by Gasteiger charge is -2.08. The lowest BCUT2D eigenvalue weighted by molar-refractivity contribution is 0.613. The van der Waals surface area contributed by atoms with Gasteiger partial charge in [-0.15, -0.1) is 0 Å². The first kappa shape index (κ1) is 11.4. The van der Waals surface area contributed by atoms with E-state index in [4.69, 9.17) is 5.73 Å². The maximum absolute atomic E-state index is 13.4. The summed E-state index contributed by atoms with van der Waals surface area (Å²) < 4.78 is 13.4. The number of benzene rings is 1. The lowest BCUT2D eigenvalue weighted by atomic mass is 10.2. The van der Waals surface area contributed by atoms with Gasteiger partial charge in [0.05, 0.1) is 11.9 Å². The molecule has 1 aromatic carbocycles. The van der Waals surface area contributed by atoms with Crippen LogP contribution in [0.1, 0.15) is 11.1 Å². The van der Waals surface area contributed by atoms with Gasteiger partial charge in [0.15, 0.2) is 0 Å². The molecular weight excluding hydrogens is 217 g/mol. The summed E-state index contributed by atoms with van der Waals surface area (Å²) in [5, 5.41) is 3.06. The smallest absolute Gasteiger partial charge is 0.128 e. The van der Waals surface area contributed by atoms with Crippen molar-refractivity contribution in [2.24, 2.45) is 0 Å². The second kappa shape index (κ2) is 4.82. The predicted octanol–water partition coefficient (Wildman–Crippen LogP) is 2.72. The highest BCUT2D eigenvalue weighted by Crippen LogP contribution is 2.14. The Morgan fingerprint density at radius 2 is 2.12 bits per heavy atom. The van der Waals surface area contributed by atoms with Gasteiger partial charge in [-0.25, -0.2) is 9.37 Å². The maximum Gasteiger partial charge on any atom is 0.128 e. The number of nitrogens with two attached hydrogens (primary N) is 1. The van der Waals surface area contributed by atoms with E-state index in [1.165, 1.54) is 6.07 Å². The minimum atomic E-state index is -0.216. The number of nitrogen functional groups attached to an aromatic ring is 1. The van der Waals surface area contributed by atoms with E-state index in [2.05, 4.69) is 10.3 Å². The molecule has 2 aromatic rings. The molecule has 0 aliphatic rings. The first-order chi connectivity index (χ1) is 8.16. The van der Waals surface area contributed by atoms with Crippen molar-refractivity contribution in [1.29, 1.82) is 0 Å². The third kappa shape index (κ3) is 2.72. The summed E-state index contributed by atoms with van der Waals surface area (Å²) in [6, 6.07) is 8.51. The van der Waals surface area contributed by atoms with E-state index in [1.807, 2.05) is 19.1 Å². The highest BCUT2D eigenvalue weighted by atomic mass is 19.1. The fraction of sp³-hybridized carbons (Fsp3) is 0.154. The fourth-order valence-corrected chi connectivity index (χ4v) is 1.49. The number of rotatable bonds is 3. The average molecular weight is 231 g/mol. The zero-order valence-corrected chi connectivity index (χ0v) is 9.57. The van der Waals surface area contributed by atoms with Gasteiger partial charge in [-0.1, -0.05) is 18.2 Å². The quantitative estimate of drug-likeness (QED) is 0.854. The van der Waals surface area contributed by atoms with Gasteiger partial charge in [-0.05, 0) is 24.6 Å². The number of halogens is 1. The molecule has 0 saturated carbocycles. The van der Waals surface area contributed by atoms with Crippen molar-refractivity contribution < 1.29 is 4.39 Å². The van der Waals surface area contributed by atoms with Crippen LogP contribution in [0.2, 0.25) is 0 Å². The van der Waals surface area contributed by atoms with Crippen LogP contribution >= 0.6 is 0 Å². The van der Waals surface area contributed by atoms with Gasteiger partial charge in [-0.3, -0.25) is 0 Å². The van der Waals surface area contributed by atoms with E-state index < -0.39 is 0 Å². The molecule has 0 radical (unpaired) electrons. The highest BCUT2D eigenvalue weighted by Gasteiger charge is 2.02. The third-order valence-corrected chi connectivity index (χ3v) is 2.57. The van der Waals surface area contributed by atoms with Crippen molar-refractivity contribution >= 4 is 11.5 Å². The van der Waals surface area contributed by atoms with Gasteiger partial charge in [0.2, 0.25) is 0 Å². The largest absolute Gasteiger partial charge is 0.397 e. The molecule has 3 N–H and O–H groups in total. The molecule has 88 valence electrons. The number of nitrogens with one attached hydrogen (secondary N) is 1. The van der Waals surface area contributed by atoms with Crippen molar-refractivity contribution in [3.8, 4) is 0 Å². The Labute approximate surface area is 99.5 Å². The predicted molar refractivity (Wildman–Crippen MR) is 67.1 cm³/mol. The topological polar surface area (TPSA) is 50.9 Å². The van der Waals surface area contributed by atoms with Crippen molar-refractivity contribution in [1.82, 2.24) is 4.98 Å². The molecule has 0 fully saturated rings. The van der Waals surface area contributed by atoms with E-state index >= 15 is 0 Å². The normalized spacial score (nSPS) is 10.2. The van der Waals surface area contributed by atoms with E-state index in [0.717, 1.165) is 5.56 Å². The summed E-state index contributed by atoms with van der Waals surface area (Å²) in [5.74, 6) is 0.479.